The van der Waals surface area contributed by atoms with E-state index in [1.54, 1.807) is 4.90 Å². The minimum Gasteiger partial charge on any atom is -0.507 e. The van der Waals surface area contributed by atoms with Gasteiger partial charge >= 0.3 is 0 Å². The first-order valence-corrected chi connectivity index (χ1v) is 14.7. The van der Waals surface area contributed by atoms with Crippen LogP contribution in [0.2, 0.25) is 0 Å². The highest BCUT2D eigenvalue weighted by Gasteiger charge is 2.45. The molecule has 0 spiro atoms. The van der Waals surface area contributed by atoms with Crippen molar-refractivity contribution in [2.24, 2.45) is 0 Å². The van der Waals surface area contributed by atoms with Gasteiger partial charge in [-0.15, -0.1) is 0 Å². The second kappa shape index (κ2) is 12.0. The number of sulfonamides is 1. The second-order valence-corrected chi connectivity index (χ2v) is 12.6. The standard InChI is InChI=1S/C29H37N3O6S/c1-20(2)21-6-8-22(9-7-21)26-25(27(33)23-10-12-24(13-11-23)39(36,37)30(3)4)28(34)29(35)32(26)15-5-14-31-16-18-38-19-17-31/h6-13,20,26,33H,5,14-19H2,1-4H3/b27-25-. The molecule has 39 heavy (non-hydrogen) atoms. The van der Waals surface area contributed by atoms with Crippen molar-refractivity contribution in [2.75, 3.05) is 53.5 Å². The highest BCUT2D eigenvalue weighted by atomic mass is 32.2. The normalized spacial score (nSPS) is 20.4. The zero-order valence-corrected chi connectivity index (χ0v) is 23.8. The zero-order chi connectivity index (χ0) is 28.3. The SMILES string of the molecule is CC(C)c1ccc(C2/C(=C(/O)c3ccc(S(=O)(=O)N(C)C)cc3)C(=O)C(=O)N2CCCN2CCOCC2)cc1. The first kappa shape index (κ1) is 28.9. The highest BCUT2D eigenvalue weighted by Crippen LogP contribution is 2.40. The van der Waals surface area contributed by atoms with E-state index in [-0.39, 0.29) is 21.8 Å². The van der Waals surface area contributed by atoms with Gasteiger partial charge in [0.1, 0.15) is 5.76 Å². The Morgan fingerprint density at radius 1 is 1.00 bits per heavy atom. The van der Waals surface area contributed by atoms with Crippen molar-refractivity contribution >= 4 is 27.5 Å². The van der Waals surface area contributed by atoms with Gasteiger partial charge in [-0.2, -0.15) is 0 Å². The molecule has 0 radical (unpaired) electrons. The zero-order valence-electron chi connectivity index (χ0n) is 23.0. The molecule has 0 aliphatic carbocycles. The minimum atomic E-state index is -3.66. The fourth-order valence-corrected chi connectivity index (χ4v) is 5.86. The summed E-state index contributed by atoms with van der Waals surface area (Å²) in [6.07, 6.45) is 0.671. The summed E-state index contributed by atoms with van der Waals surface area (Å²) in [5.74, 6) is -1.41. The first-order chi connectivity index (χ1) is 18.5. The van der Waals surface area contributed by atoms with Crippen LogP contribution in [0.5, 0.6) is 0 Å². The molecule has 1 unspecified atom stereocenters. The van der Waals surface area contributed by atoms with Crippen LogP contribution in [0.1, 0.15) is 48.9 Å². The maximum absolute atomic E-state index is 13.3. The largest absolute Gasteiger partial charge is 0.507 e. The van der Waals surface area contributed by atoms with E-state index in [1.807, 2.05) is 24.3 Å². The molecule has 1 amide bonds. The number of nitrogens with zero attached hydrogens (tertiary/aromatic N) is 3. The van der Waals surface area contributed by atoms with Crippen LogP contribution in [0.4, 0.5) is 0 Å². The lowest BCUT2D eigenvalue weighted by molar-refractivity contribution is -0.140. The molecular formula is C29H37N3O6S. The molecule has 2 heterocycles. The molecule has 2 fully saturated rings. The Morgan fingerprint density at radius 2 is 1.62 bits per heavy atom. The molecule has 0 saturated carbocycles. The van der Waals surface area contributed by atoms with E-state index in [9.17, 15) is 23.1 Å². The third-order valence-electron chi connectivity index (χ3n) is 7.34. The first-order valence-electron chi connectivity index (χ1n) is 13.2. The Bertz CT molecular complexity index is 1330. The monoisotopic (exact) mass is 555 g/mol. The molecule has 1 atom stereocenters. The van der Waals surface area contributed by atoms with E-state index in [2.05, 4.69) is 18.7 Å². The molecule has 10 heteroatoms. The summed E-state index contributed by atoms with van der Waals surface area (Å²) in [5.41, 5.74) is 2.13. The van der Waals surface area contributed by atoms with Crippen LogP contribution in [-0.2, 0) is 24.3 Å². The number of carbonyl (C=O) groups excluding carboxylic acids is 2. The van der Waals surface area contributed by atoms with Crippen molar-refractivity contribution in [3.05, 3.63) is 70.8 Å². The second-order valence-electron chi connectivity index (χ2n) is 10.4. The van der Waals surface area contributed by atoms with E-state index >= 15 is 0 Å². The van der Waals surface area contributed by atoms with Gasteiger partial charge in [-0.25, -0.2) is 12.7 Å². The molecule has 9 nitrogen and oxygen atoms in total. The third kappa shape index (κ3) is 6.09. The Balaban J connectivity index is 1.70. The lowest BCUT2D eigenvalue weighted by Gasteiger charge is -2.29. The van der Waals surface area contributed by atoms with Crippen molar-refractivity contribution in [1.29, 1.82) is 0 Å². The number of ether oxygens (including phenoxy) is 1. The van der Waals surface area contributed by atoms with Gasteiger partial charge in [-0.05, 0) is 47.7 Å². The molecule has 0 aromatic heterocycles. The van der Waals surface area contributed by atoms with E-state index in [0.29, 0.717) is 32.1 Å². The Hall–Kier alpha value is -3.05. The Morgan fingerprint density at radius 3 is 2.18 bits per heavy atom. The molecule has 2 aromatic rings. The van der Waals surface area contributed by atoms with Crippen molar-refractivity contribution in [3.8, 4) is 0 Å². The number of hydrogen-bond acceptors (Lipinski definition) is 7. The number of Topliss-reactive ketones (excluding diaryl/α,β-unsaturated/α-hetero) is 1. The molecule has 2 aromatic carbocycles. The molecule has 2 saturated heterocycles. The van der Waals surface area contributed by atoms with Crippen LogP contribution < -0.4 is 0 Å². The number of amides is 1. The lowest BCUT2D eigenvalue weighted by Crippen LogP contribution is -2.38. The third-order valence-corrected chi connectivity index (χ3v) is 9.17. The number of rotatable bonds is 9. The van der Waals surface area contributed by atoms with Crippen molar-refractivity contribution in [2.45, 2.75) is 37.1 Å². The lowest BCUT2D eigenvalue weighted by atomic mass is 9.93. The average Bonchev–Trinajstić information content (AvgIpc) is 3.18. The highest BCUT2D eigenvalue weighted by molar-refractivity contribution is 7.89. The summed E-state index contributed by atoms with van der Waals surface area (Å²) < 4.78 is 31.5. The summed E-state index contributed by atoms with van der Waals surface area (Å²) in [4.78, 5) is 30.5. The maximum atomic E-state index is 13.3. The van der Waals surface area contributed by atoms with Crippen LogP contribution in [0.15, 0.2) is 59.0 Å². The number of aliphatic hydroxyl groups excluding tert-OH is 1. The number of benzene rings is 2. The van der Waals surface area contributed by atoms with E-state index in [0.717, 1.165) is 35.1 Å². The molecule has 2 aliphatic heterocycles. The van der Waals surface area contributed by atoms with E-state index in [1.165, 1.54) is 38.4 Å². The van der Waals surface area contributed by atoms with Crippen molar-refractivity contribution in [1.82, 2.24) is 14.1 Å². The van der Waals surface area contributed by atoms with E-state index < -0.39 is 27.8 Å². The van der Waals surface area contributed by atoms with Gasteiger partial charge in [0.25, 0.3) is 11.7 Å². The van der Waals surface area contributed by atoms with Crippen molar-refractivity contribution < 1.29 is 27.9 Å². The quantitative estimate of drug-likeness (QED) is 0.288. The molecule has 210 valence electrons. The summed E-state index contributed by atoms with van der Waals surface area (Å²) in [6.45, 7) is 8.34. The summed E-state index contributed by atoms with van der Waals surface area (Å²) >= 11 is 0. The maximum Gasteiger partial charge on any atom is 0.295 e. The number of aliphatic hydroxyl groups is 1. The van der Waals surface area contributed by atoms with Crippen LogP contribution in [-0.4, -0.2) is 92.8 Å². The molecular weight excluding hydrogens is 518 g/mol. The van der Waals surface area contributed by atoms with Gasteiger partial charge in [-0.3, -0.25) is 14.5 Å². The summed E-state index contributed by atoms with van der Waals surface area (Å²) in [5, 5.41) is 11.3. The molecule has 1 N–H and O–H groups in total. The fraction of sp³-hybridized carbons (Fsp3) is 0.448. The fourth-order valence-electron chi connectivity index (χ4n) is 4.96. The number of ketones is 1. The van der Waals surface area contributed by atoms with Gasteiger partial charge in [0.15, 0.2) is 0 Å². The Labute approximate surface area is 230 Å². The predicted octanol–water partition coefficient (Wildman–Crippen LogP) is 3.20. The van der Waals surface area contributed by atoms with Gasteiger partial charge in [0.05, 0.1) is 29.7 Å². The van der Waals surface area contributed by atoms with Gasteiger partial charge in [0, 0.05) is 45.8 Å². The van der Waals surface area contributed by atoms with Gasteiger partial charge in [0.2, 0.25) is 10.0 Å². The summed E-state index contributed by atoms with van der Waals surface area (Å²) in [7, 11) is -0.779. The number of hydrogen-bond donors (Lipinski definition) is 1. The van der Waals surface area contributed by atoms with Crippen LogP contribution in [0.25, 0.3) is 5.76 Å². The van der Waals surface area contributed by atoms with Gasteiger partial charge in [-0.1, -0.05) is 38.1 Å². The number of morpholine rings is 1. The van der Waals surface area contributed by atoms with Crippen LogP contribution in [0.3, 0.4) is 0 Å². The van der Waals surface area contributed by atoms with Crippen molar-refractivity contribution in [3.63, 3.8) is 0 Å². The molecule has 0 bridgehead atoms. The minimum absolute atomic E-state index is 0.00638. The molecule has 4 rings (SSSR count). The topological polar surface area (TPSA) is 107 Å². The summed E-state index contributed by atoms with van der Waals surface area (Å²) in [6, 6.07) is 12.7. The predicted molar refractivity (Wildman–Crippen MR) is 149 cm³/mol. The Kier molecular flexibility index (Phi) is 8.90. The van der Waals surface area contributed by atoms with Crippen LogP contribution >= 0.6 is 0 Å². The van der Waals surface area contributed by atoms with Crippen LogP contribution in [0, 0.1) is 0 Å². The smallest absolute Gasteiger partial charge is 0.295 e. The number of likely N-dealkylation sites (tertiary alicyclic amines) is 1. The number of carbonyl (C=O) groups is 2. The van der Waals surface area contributed by atoms with E-state index in [4.69, 9.17) is 4.74 Å². The van der Waals surface area contributed by atoms with Gasteiger partial charge < -0.3 is 14.7 Å². The molecule has 2 aliphatic rings. The average molecular weight is 556 g/mol.